The summed E-state index contributed by atoms with van der Waals surface area (Å²) in [4.78, 5) is 9.24. The lowest BCUT2D eigenvalue weighted by Gasteiger charge is -2.32. The molecule has 150 valence electrons. The number of pyridine rings is 1. The van der Waals surface area contributed by atoms with Gasteiger partial charge in [0, 0.05) is 29.1 Å². The summed E-state index contributed by atoms with van der Waals surface area (Å²) in [6.45, 7) is 8.27. The highest BCUT2D eigenvalue weighted by molar-refractivity contribution is 6.65. The maximum absolute atomic E-state index is 6.34. The van der Waals surface area contributed by atoms with Crippen LogP contribution in [0.25, 0.3) is 28.1 Å². The van der Waals surface area contributed by atoms with Crippen molar-refractivity contribution in [2.75, 3.05) is 0 Å². The third-order valence-corrected chi connectivity index (χ3v) is 6.18. The Morgan fingerprint density at radius 1 is 0.800 bits per heavy atom. The lowest BCUT2D eigenvalue weighted by Crippen LogP contribution is -2.41. The van der Waals surface area contributed by atoms with Gasteiger partial charge in [-0.15, -0.1) is 0 Å². The highest BCUT2D eigenvalue weighted by atomic mass is 16.7. The van der Waals surface area contributed by atoms with Crippen molar-refractivity contribution in [1.29, 1.82) is 0 Å². The molecule has 3 heterocycles. The van der Waals surface area contributed by atoms with E-state index in [1.165, 1.54) is 0 Å². The zero-order chi connectivity index (χ0) is 20.9. The molecule has 4 aromatic rings. The van der Waals surface area contributed by atoms with Crippen LogP contribution in [0.1, 0.15) is 27.7 Å². The summed E-state index contributed by atoms with van der Waals surface area (Å²) in [5.41, 5.74) is 4.08. The Bertz CT molecular complexity index is 1190. The van der Waals surface area contributed by atoms with Crippen molar-refractivity contribution in [2.45, 2.75) is 38.9 Å². The summed E-state index contributed by atoms with van der Waals surface area (Å²) >= 11 is 0. The molecular weight excluding hydrogens is 373 g/mol. The number of fused-ring (bicyclic) bond motifs is 1. The Morgan fingerprint density at radius 3 is 2.13 bits per heavy atom. The molecule has 2 aromatic carbocycles. The van der Waals surface area contributed by atoms with Gasteiger partial charge in [0.25, 0.3) is 0 Å². The fraction of sp³-hybridized carbons (Fsp3) is 0.250. The van der Waals surface area contributed by atoms with Crippen LogP contribution in [0, 0.1) is 0 Å². The molecule has 0 atom stereocenters. The minimum absolute atomic E-state index is 0.407. The van der Waals surface area contributed by atoms with E-state index >= 15 is 0 Å². The van der Waals surface area contributed by atoms with E-state index in [9.17, 15) is 0 Å². The van der Waals surface area contributed by atoms with E-state index in [2.05, 4.69) is 55.4 Å². The van der Waals surface area contributed by atoms with Crippen LogP contribution in [0.2, 0.25) is 0 Å². The number of imidazole rings is 1. The third-order valence-electron chi connectivity index (χ3n) is 6.18. The molecule has 2 aromatic heterocycles. The molecule has 30 heavy (non-hydrogen) atoms. The quantitative estimate of drug-likeness (QED) is 0.482. The molecule has 0 bridgehead atoms. The van der Waals surface area contributed by atoms with Gasteiger partial charge >= 0.3 is 7.12 Å². The van der Waals surface area contributed by atoms with Crippen LogP contribution in [-0.4, -0.2) is 32.9 Å². The van der Waals surface area contributed by atoms with Gasteiger partial charge in [-0.3, -0.25) is 9.55 Å². The standard InChI is InChI=1S/C24H24BN3O2/c1-23(2)24(3,4)30-25(29-23)19-11-8-12-20-21(19)27-22(17-13-15-26-16-14-17)28(20)18-9-6-5-7-10-18/h5-16H,1-4H3. The summed E-state index contributed by atoms with van der Waals surface area (Å²) in [5, 5.41) is 0. The zero-order valence-corrected chi connectivity index (χ0v) is 17.7. The van der Waals surface area contributed by atoms with E-state index in [1.54, 1.807) is 12.4 Å². The lowest BCUT2D eigenvalue weighted by atomic mass is 9.78. The number of hydrogen-bond acceptors (Lipinski definition) is 4. The van der Waals surface area contributed by atoms with Gasteiger partial charge in [0.05, 0.1) is 22.2 Å². The lowest BCUT2D eigenvalue weighted by molar-refractivity contribution is 0.00578. The number of aromatic nitrogens is 3. The molecule has 1 aliphatic heterocycles. The minimum Gasteiger partial charge on any atom is -0.399 e. The largest absolute Gasteiger partial charge is 0.497 e. The first-order chi connectivity index (χ1) is 14.4. The average molecular weight is 397 g/mol. The first-order valence-electron chi connectivity index (χ1n) is 10.2. The van der Waals surface area contributed by atoms with E-state index in [1.807, 2.05) is 42.5 Å². The second-order valence-electron chi connectivity index (χ2n) is 8.65. The van der Waals surface area contributed by atoms with Crippen molar-refractivity contribution in [2.24, 2.45) is 0 Å². The predicted octanol–water partition coefficient (Wildman–Crippen LogP) is 4.39. The smallest absolute Gasteiger partial charge is 0.399 e. The van der Waals surface area contributed by atoms with Crippen molar-refractivity contribution in [3.8, 4) is 17.1 Å². The van der Waals surface area contributed by atoms with Crippen LogP contribution >= 0.6 is 0 Å². The molecule has 5 rings (SSSR count). The summed E-state index contributed by atoms with van der Waals surface area (Å²) < 4.78 is 14.9. The summed E-state index contributed by atoms with van der Waals surface area (Å²) in [6, 6.07) is 20.4. The average Bonchev–Trinajstić information content (AvgIpc) is 3.23. The van der Waals surface area contributed by atoms with Crippen LogP contribution in [-0.2, 0) is 9.31 Å². The number of nitrogens with zero attached hydrogens (tertiary/aromatic N) is 3. The molecule has 0 aliphatic carbocycles. The first kappa shape index (κ1) is 19.0. The van der Waals surface area contributed by atoms with Crippen molar-refractivity contribution in [3.05, 3.63) is 73.1 Å². The fourth-order valence-electron chi connectivity index (χ4n) is 3.81. The Kier molecular flexibility index (Phi) is 4.31. The van der Waals surface area contributed by atoms with Gasteiger partial charge in [0.2, 0.25) is 0 Å². The molecule has 5 nitrogen and oxygen atoms in total. The van der Waals surface area contributed by atoms with Gasteiger partial charge in [0.1, 0.15) is 5.82 Å². The highest BCUT2D eigenvalue weighted by Gasteiger charge is 2.52. The molecular formula is C24H24BN3O2. The number of rotatable bonds is 3. The first-order valence-corrected chi connectivity index (χ1v) is 10.2. The molecule has 6 heteroatoms. The zero-order valence-electron chi connectivity index (χ0n) is 17.7. The van der Waals surface area contributed by atoms with E-state index < -0.39 is 18.3 Å². The van der Waals surface area contributed by atoms with Crippen LogP contribution < -0.4 is 5.46 Å². The van der Waals surface area contributed by atoms with Crippen molar-refractivity contribution >= 4 is 23.6 Å². The van der Waals surface area contributed by atoms with Gasteiger partial charge < -0.3 is 9.31 Å². The molecule has 1 saturated heterocycles. The molecule has 0 N–H and O–H groups in total. The second-order valence-corrected chi connectivity index (χ2v) is 8.65. The van der Waals surface area contributed by atoms with Gasteiger partial charge in [-0.05, 0) is 58.0 Å². The Labute approximate surface area is 176 Å². The second kappa shape index (κ2) is 6.79. The summed E-state index contributed by atoms with van der Waals surface area (Å²) in [7, 11) is -0.469. The van der Waals surface area contributed by atoms with Crippen molar-refractivity contribution in [1.82, 2.24) is 14.5 Å². The summed E-state index contributed by atoms with van der Waals surface area (Å²) in [6.07, 6.45) is 3.58. The molecule has 0 radical (unpaired) electrons. The molecule has 0 unspecified atom stereocenters. The minimum atomic E-state index is -0.469. The van der Waals surface area contributed by atoms with Gasteiger partial charge in [-0.2, -0.15) is 0 Å². The molecule has 0 spiro atoms. The summed E-state index contributed by atoms with van der Waals surface area (Å²) in [5.74, 6) is 0.863. The number of hydrogen-bond donors (Lipinski definition) is 0. The van der Waals surface area contributed by atoms with E-state index in [0.29, 0.717) is 0 Å². The van der Waals surface area contributed by atoms with Gasteiger partial charge in [0.15, 0.2) is 0 Å². The van der Waals surface area contributed by atoms with Crippen molar-refractivity contribution < 1.29 is 9.31 Å². The molecule has 0 amide bonds. The van der Waals surface area contributed by atoms with Crippen molar-refractivity contribution in [3.63, 3.8) is 0 Å². The van der Waals surface area contributed by atoms with E-state index in [0.717, 1.165) is 33.6 Å². The third kappa shape index (κ3) is 2.95. The normalized spacial score (nSPS) is 17.5. The van der Waals surface area contributed by atoms with Gasteiger partial charge in [-0.25, -0.2) is 4.98 Å². The predicted molar refractivity (Wildman–Crippen MR) is 120 cm³/mol. The maximum atomic E-state index is 6.34. The Hall–Kier alpha value is -2.96. The van der Waals surface area contributed by atoms with Crippen LogP contribution in [0.3, 0.4) is 0 Å². The monoisotopic (exact) mass is 397 g/mol. The fourth-order valence-corrected chi connectivity index (χ4v) is 3.81. The Morgan fingerprint density at radius 2 is 1.47 bits per heavy atom. The molecule has 1 fully saturated rings. The van der Waals surface area contributed by atoms with E-state index in [4.69, 9.17) is 14.3 Å². The molecule has 1 aliphatic rings. The molecule has 0 saturated carbocycles. The topological polar surface area (TPSA) is 49.2 Å². The Balaban J connectivity index is 1.75. The van der Waals surface area contributed by atoms with Crippen LogP contribution in [0.4, 0.5) is 0 Å². The van der Waals surface area contributed by atoms with Crippen LogP contribution in [0.5, 0.6) is 0 Å². The number of para-hydroxylation sites is 2. The number of benzene rings is 2. The maximum Gasteiger partial charge on any atom is 0.497 e. The SMILES string of the molecule is CC1(C)OB(c2cccc3c2nc(-c2ccncc2)n3-c2ccccc2)OC1(C)C. The van der Waals surface area contributed by atoms with E-state index in [-0.39, 0.29) is 0 Å². The van der Waals surface area contributed by atoms with Gasteiger partial charge in [-0.1, -0.05) is 30.3 Å². The van der Waals surface area contributed by atoms with Crippen LogP contribution in [0.15, 0.2) is 73.1 Å². The highest BCUT2D eigenvalue weighted by Crippen LogP contribution is 2.37.